The third kappa shape index (κ3) is 2.76. The fraction of sp³-hybridized carbons (Fsp3) is 0.417. The Morgan fingerprint density at radius 2 is 2.39 bits per heavy atom. The molecule has 1 fully saturated rings. The zero-order valence-corrected chi connectivity index (χ0v) is 9.76. The lowest BCUT2D eigenvalue weighted by molar-refractivity contribution is -0.386. The molecule has 1 heterocycles. The molecule has 6 heteroatoms. The minimum Gasteiger partial charge on any atom is -0.482 e. The van der Waals surface area contributed by atoms with Crippen LogP contribution in [-0.4, -0.2) is 24.1 Å². The van der Waals surface area contributed by atoms with Gasteiger partial charge in [-0.3, -0.25) is 10.1 Å². The lowest BCUT2D eigenvalue weighted by Crippen LogP contribution is -2.37. The van der Waals surface area contributed by atoms with E-state index in [0.717, 1.165) is 19.4 Å². The summed E-state index contributed by atoms with van der Waals surface area (Å²) in [6.07, 6.45) is 1.77. The number of ether oxygens (including phenoxy) is 1. The number of hydrogen-bond donors (Lipinski definition) is 1. The Labute approximate surface area is 104 Å². The highest BCUT2D eigenvalue weighted by molar-refractivity contribution is 5.51. The van der Waals surface area contributed by atoms with Crippen molar-refractivity contribution in [1.29, 1.82) is 5.26 Å². The molecule has 0 aromatic heterocycles. The molecule has 2 rings (SSSR count). The summed E-state index contributed by atoms with van der Waals surface area (Å²) in [5.74, 6) is 0.174. The van der Waals surface area contributed by atoms with Crippen molar-refractivity contribution in [3.05, 3.63) is 33.9 Å². The summed E-state index contributed by atoms with van der Waals surface area (Å²) >= 11 is 0. The first-order chi connectivity index (χ1) is 8.70. The lowest BCUT2D eigenvalue weighted by Gasteiger charge is -2.23. The van der Waals surface area contributed by atoms with E-state index < -0.39 is 4.92 Å². The van der Waals surface area contributed by atoms with Crippen molar-refractivity contribution in [3.63, 3.8) is 0 Å². The molecule has 0 radical (unpaired) electrons. The zero-order valence-electron chi connectivity index (χ0n) is 9.76. The Morgan fingerprint density at radius 1 is 1.56 bits per heavy atom. The second-order valence-electron chi connectivity index (χ2n) is 4.14. The summed E-state index contributed by atoms with van der Waals surface area (Å²) in [6, 6.07) is 6.11. The SMILES string of the molecule is N#Cc1ccc([N+](=O)[O-])c(O[C@H]2CCCNC2)c1. The van der Waals surface area contributed by atoms with Gasteiger partial charge in [0.25, 0.3) is 0 Å². The van der Waals surface area contributed by atoms with E-state index in [-0.39, 0.29) is 17.5 Å². The molecule has 1 saturated heterocycles. The number of nitrogens with zero attached hydrogens (tertiary/aromatic N) is 2. The predicted octanol–water partition coefficient (Wildman–Crippen LogP) is 1.60. The van der Waals surface area contributed by atoms with Gasteiger partial charge in [0, 0.05) is 18.7 Å². The molecular weight excluding hydrogens is 234 g/mol. The number of piperidine rings is 1. The maximum Gasteiger partial charge on any atom is 0.311 e. The number of nitro groups is 1. The maximum atomic E-state index is 10.9. The van der Waals surface area contributed by atoms with Gasteiger partial charge < -0.3 is 10.1 Å². The van der Waals surface area contributed by atoms with Crippen molar-refractivity contribution in [3.8, 4) is 11.8 Å². The second-order valence-corrected chi connectivity index (χ2v) is 4.14. The third-order valence-electron chi connectivity index (χ3n) is 2.83. The summed E-state index contributed by atoms with van der Waals surface area (Å²) in [5, 5.41) is 22.9. The first-order valence-corrected chi connectivity index (χ1v) is 5.76. The van der Waals surface area contributed by atoms with E-state index >= 15 is 0 Å². The van der Waals surface area contributed by atoms with E-state index in [1.54, 1.807) is 0 Å². The van der Waals surface area contributed by atoms with Gasteiger partial charge in [-0.2, -0.15) is 5.26 Å². The Hall–Kier alpha value is -2.13. The van der Waals surface area contributed by atoms with Crippen LogP contribution in [0.4, 0.5) is 5.69 Å². The van der Waals surface area contributed by atoms with E-state index in [2.05, 4.69) is 5.32 Å². The highest BCUT2D eigenvalue weighted by atomic mass is 16.6. The summed E-state index contributed by atoms with van der Waals surface area (Å²) < 4.78 is 5.63. The maximum absolute atomic E-state index is 10.9. The molecule has 0 saturated carbocycles. The average molecular weight is 247 g/mol. The standard InChI is InChI=1S/C12H13N3O3/c13-7-9-3-4-11(15(16)17)12(6-9)18-10-2-1-5-14-8-10/h3-4,6,10,14H,1-2,5,8H2/t10-/m0/s1. The van der Waals surface area contributed by atoms with Crippen LogP contribution in [0.3, 0.4) is 0 Å². The minimum atomic E-state index is -0.493. The Kier molecular flexibility index (Phi) is 3.75. The summed E-state index contributed by atoms with van der Waals surface area (Å²) in [6.45, 7) is 1.62. The summed E-state index contributed by atoms with van der Waals surface area (Å²) in [4.78, 5) is 10.4. The van der Waals surface area contributed by atoms with E-state index in [1.807, 2.05) is 6.07 Å². The van der Waals surface area contributed by atoms with Crippen molar-refractivity contribution in [2.45, 2.75) is 18.9 Å². The normalized spacial score (nSPS) is 18.9. The van der Waals surface area contributed by atoms with Crippen LogP contribution in [0.15, 0.2) is 18.2 Å². The van der Waals surface area contributed by atoms with Gasteiger partial charge in [-0.15, -0.1) is 0 Å². The van der Waals surface area contributed by atoms with Crippen molar-refractivity contribution in [1.82, 2.24) is 5.32 Å². The van der Waals surface area contributed by atoms with Crippen molar-refractivity contribution >= 4 is 5.69 Å². The molecule has 0 bridgehead atoms. The first-order valence-electron chi connectivity index (χ1n) is 5.76. The van der Waals surface area contributed by atoms with E-state index in [9.17, 15) is 10.1 Å². The predicted molar refractivity (Wildman–Crippen MR) is 64.3 cm³/mol. The molecule has 18 heavy (non-hydrogen) atoms. The van der Waals surface area contributed by atoms with Crippen molar-refractivity contribution < 1.29 is 9.66 Å². The van der Waals surface area contributed by atoms with Crippen LogP contribution in [0.1, 0.15) is 18.4 Å². The van der Waals surface area contributed by atoms with Crippen molar-refractivity contribution in [2.75, 3.05) is 13.1 Å². The number of nitro benzene ring substituents is 1. The number of rotatable bonds is 3. The molecule has 0 amide bonds. The molecule has 1 aliphatic heterocycles. The molecule has 1 atom stereocenters. The van der Waals surface area contributed by atoms with Gasteiger partial charge in [-0.05, 0) is 25.5 Å². The molecule has 6 nitrogen and oxygen atoms in total. The fourth-order valence-corrected chi connectivity index (χ4v) is 1.93. The summed E-state index contributed by atoms with van der Waals surface area (Å²) in [5.41, 5.74) is 0.263. The molecule has 1 aromatic rings. The van der Waals surface area contributed by atoms with Crippen molar-refractivity contribution in [2.24, 2.45) is 0 Å². The molecule has 0 aliphatic carbocycles. The first kappa shape index (κ1) is 12.3. The van der Waals surface area contributed by atoms with E-state index in [0.29, 0.717) is 12.1 Å². The smallest absolute Gasteiger partial charge is 0.311 e. The molecule has 1 N–H and O–H groups in total. The average Bonchev–Trinajstić information content (AvgIpc) is 2.39. The van der Waals surface area contributed by atoms with Crippen LogP contribution >= 0.6 is 0 Å². The van der Waals surface area contributed by atoms with Gasteiger partial charge in [0.05, 0.1) is 16.6 Å². The lowest BCUT2D eigenvalue weighted by atomic mass is 10.1. The van der Waals surface area contributed by atoms with Crippen LogP contribution in [0, 0.1) is 21.4 Å². The van der Waals surface area contributed by atoms with E-state index in [1.165, 1.54) is 18.2 Å². The Bertz CT molecular complexity index is 490. The number of nitriles is 1. The third-order valence-corrected chi connectivity index (χ3v) is 2.83. The van der Waals surface area contributed by atoms with Gasteiger partial charge in [0.2, 0.25) is 0 Å². The van der Waals surface area contributed by atoms with Gasteiger partial charge in [0.15, 0.2) is 5.75 Å². The van der Waals surface area contributed by atoms with Gasteiger partial charge in [-0.25, -0.2) is 0 Å². The largest absolute Gasteiger partial charge is 0.482 e. The summed E-state index contributed by atoms with van der Waals surface area (Å²) in [7, 11) is 0. The van der Waals surface area contributed by atoms with Gasteiger partial charge in [-0.1, -0.05) is 0 Å². The Balaban J connectivity index is 2.23. The zero-order chi connectivity index (χ0) is 13.0. The molecule has 1 aromatic carbocycles. The highest BCUT2D eigenvalue weighted by Crippen LogP contribution is 2.29. The van der Waals surface area contributed by atoms with Gasteiger partial charge >= 0.3 is 5.69 Å². The molecule has 1 aliphatic rings. The number of nitrogens with one attached hydrogen (secondary N) is 1. The molecule has 0 spiro atoms. The monoisotopic (exact) mass is 247 g/mol. The van der Waals surface area contributed by atoms with Gasteiger partial charge in [0.1, 0.15) is 6.10 Å². The molecular formula is C12H13N3O3. The van der Waals surface area contributed by atoms with Crippen LogP contribution in [0.5, 0.6) is 5.75 Å². The molecule has 94 valence electrons. The van der Waals surface area contributed by atoms with Crippen LogP contribution in [-0.2, 0) is 0 Å². The number of benzene rings is 1. The fourth-order valence-electron chi connectivity index (χ4n) is 1.93. The quantitative estimate of drug-likeness (QED) is 0.647. The van der Waals surface area contributed by atoms with Crippen LogP contribution < -0.4 is 10.1 Å². The highest BCUT2D eigenvalue weighted by Gasteiger charge is 2.21. The molecule has 0 unspecified atom stereocenters. The van der Waals surface area contributed by atoms with E-state index in [4.69, 9.17) is 10.00 Å². The minimum absolute atomic E-state index is 0.0774. The van der Waals surface area contributed by atoms with Crippen LogP contribution in [0.25, 0.3) is 0 Å². The second kappa shape index (κ2) is 5.47. The topological polar surface area (TPSA) is 88.2 Å². The van der Waals surface area contributed by atoms with Crippen LogP contribution in [0.2, 0.25) is 0 Å². The Morgan fingerprint density at radius 3 is 3.00 bits per heavy atom. The number of hydrogen-bond acceptors (Lipinski definition) is 5.